The molecular weight excluding hydrogens is 543 g/mol. The molecule has 0 aliphatic rings. The van der Waals surface area contributed by atoms with Gasteiger partial charge in [0.15, 0.2) is 5.69 Å². The van der Waals surface area contributed by atoms with Crippen molar-refractivity contribution in [3.63, 3.8) is 0 Å². The molecule has 0 bridgehead atoms. The van der Waals surface area contributed by atoms with E-state index in [4.69, 9.17) is 18.6 Å². The van der Waals surface area contributed by atoms with Crippen molar-refractivity contribution in [3.05, 3.63) is 69.3 Å². The third kappa shape index (κ3) is 7.86. The first-order valence-electron chi connectivity index (χ1n) is 12.5. The van der Waals surface area contributed by atoms with Gasteiger partial charge in [-0.25, -0.2) is 14.2 Å². The van der Waals surface area contributed by atoms with Crippen LogP contribution in [0.5, 0.6) is 5.75 Å². The van der Waals surface area contributed by atoms with Crippen molar-refractivity contribution in [2.75, 3.05) is 0 Å². The zero-order valence-electron chi connectivity index (χ0n) is 23.6. The van der Waals surface area contributed by atoms with Gasteiger partial charge in [-0.2, -0.15) is 0 Å². The highest BCUT2D eigenvalue weighted by atomic mass is 19.1. The number of benzene rings is 1. The van der Waals surface area contributed by atoms with Crippen LogP contribution in [0.2, 0.25) is 0 Å². The number of ether oxygens (including phenoxy) is 3. The molecule has 1 unspecified atom stereocenters. The highest BCUT2D eigenvalue weighted by molar-refractivity contribution is 5.95. The van der Waals surface area contributed by atoms with Crippen LogP contribution >= 0.6 is 0 Å². The van der Waals surface area contributed by atoms with Gasteiger partial charge in [0.2, 0.25) is 17.9 Å². The van der Waals surface area contributed by atoms with Crippen LogP contribution in [0.3, 0.4) is 0 Å². The van der Waals surface area contributed by atoms with Crippen molar-refractivity contribution < 1.29 is 37.4 Å². The van der Waals surface area contributed by atoms with Crippen LogP contribution in [0.25, 0.3) is 0 Å². The largest absolute Gasteiger partial charge is 0.511 e. The average molecular weight is 575 g/mol. The van der Waals surface area contributed by atoms with Gasteiger partial charge in [0.25, 0.3) is 11.5 Å². The molecule has 0 saturated heterocycles. The van der Waals surface area contributed by atoms with Gasteiger partial charge >= 0.3 is 18.0 Å². The van der Waals surface area contributed by atoms with Crippen LogP contribution in [0.1, 0.15) is 73.1 Å². The van der Waals surface area contributed by atoms with Gasteiger partial charge < -0.3 is 29.3 Å². The lowest BCUT2D eigenvalue weighted by atomic mass is 10.0. The number of aryl methyl sites for hydroxylation is 1. The van der Waals surface area contributed by atoms with E-state index >= 15 is 0 Å². The smallest absolute Gasteiger partial charge is 0.447 e. The lowest BCUT2D eigenvalue weighted by molar-refractivity contribution is -0.0616. The number of rotatable bonds is 10. The molecule has 1 atom stereocenters. The first-order valence-corrected chi connectivity index (χ1v) is 12.5. The van der Waals surface area contributed by atoms with Gasteiger partial charge in [0, 0.05) is 27.4 Å². The summed E-state index contributed by atoms with van der Waals surface area (Å²) < 4.78 is 35.0. The summed E-state index contributed by atoms with van der Waals surface area (Å²) in [5.74, 6) is -2.69. The molecule has 0 radical (unpaired) electrons. The van der Waals surface area contributed by atoms with Crippen LogP contribution in [0.4, 0.5) is 9.18 Å². The van der Waals surface area contributed by atoms with Gasteiger partial charge in [0.05, 0.1) is 11.6 Å². The molecule has 0 aliphatic heterocycles. The minimum Gasteiger partial charge on any atom is -0.447 e. The van der Waals surface area contributed by atoms with Crippen molar-refractivity contribution in [3.8, 4) is 5.75 Å². The molecule has 2 heterocycles. The van der Waals surface area contributed by atoms with Gasteiger partial charge in [-0.3, -0.25) is 19.0 Å². The van der Waals surface area contributed by atoms with Crippen LogP contribution in [-0.4, -0.2) is 50.1 Å². The second-order valence-electron chi connectivity index (χ2n) is 9.71. The van der Waals surface area contributed by atoms with E-state index in [1.54, 1.807) is 27.7 Å². The standard InChI is InChI=1S/C26H31FN6O8/c1-13(2)38-25(37)41-15(4)40-19-18(20(34)28-12-16-8-10-17(27)11-9-16)29-24(33(7)23(19)36)26(5,6)30-21(35)22-32-31-14(3)39-22/h8-11,13,15H,12H2,1-7H3,(H,28,34)(H,30,35). The number of amides is 2. The minimum atomic E-state index is -1.35. The van der Waals surface area contributed by atoms with E-state index in [1.165, 1.54) is 45.2 Å². The van der Waals surface area contributed by atoms with E-state index in [0.29, 0.717) is 5.56 Å². The molecule has 3 aromatic rings. The molecular formula is C26H31FN6O8. The Balaban J connectivity index is 1.98. The van der Waals surface area contributed by atoms with E-state index < -0.39 is 58.7 Å². The Labute approximate surface area is 234 Å². The maximum Gasteiger partial charge on any atom is 0.511 e. The molecule has 1 aromatic carbocycles. The Hall–Kier alpha value is -4.82. The lowest BCUT2D eigenvalue weighted by Crippen LogP contribution is -2.46. The van der Waals surface area contributed by atoms with Crippen molar-refractivity contribution in [2.24, 2.45) is 7.05 Å². The molecule has 14 nitrogen and oxygen atoms in total. The Kier molecular flexibility index (Phi) is 9.42. The molecule has 220 valence electrons. The number of carbonyl (C=O) groups excluding carboxylic acids is 3. The summed E-state index contributed by atoms with van der Waals surface area (Å²) >= 11 is 0. The first kappa shape index (κ1) is 30.7. The summed E-state index contributed by atoms with van der Waals surface area (Å²) in [6.45, 7) is 9.14. The molecule has 2 aromatic heterocycles. The monoisotopic (exact) mass is 574 g/mol. The SMILES string of the molecule is Cc1nnc(C(=O)NC(C)(C)c2nc(C(=O)NCc3ccc(F)cc3)c(OC(C)OC(=O)OC(C)C)c(=O)n2C)o1. The van der Waals surface area contributed by atoms with Crippen LogP contribution in [-0.2, 0) is 28.6 Å². The predicted octanol–water partition coefficient (Wildman–Crippen LogP) is 2.49. The second-order valence-corrected chi connectivity index (χ2v) is 9.71. The van der Waals surface area contributed by atoms with Crippen molar-refractivity contribution in [2.45, 2.75) is 66.0 Å². The first-order chi connectivity index (χ1) is 19.2. The summed E-state index contributed by atoms with van der Waals surface area (Å²) in [5.41, 5.74) is -2.04. The molecule has 15 heteroatoms. The van der Waals surface area contributed by atoms with Gasteiger partial charge in [-0.05, 0) is 45.4 Å². The third-order valence-corrected chi connectivity index (χ3v) is 5.41. The zero-order chi connectivity index (χ0) is 30.5. The Morgan fingerprint density at radius 3 is 2.32 bits per heavy atom. The number of nitrogens with one attached hydrogen (secondary N) is 2. The second kappa shape index (κ2) is 12.6. The number of aromatic nitrogens is 4. The maximum atomic E-state index is 13.5. The van der Waals surface area contributed by atoms with Gasteiger partial charge in [-0.1, -0.05) is 12.1 Å². The summed E-state index contributed by atoms with van der Waals surface area (Å²) in [5, 5.41) is 12.6. The highest BCUT2D eigenvalue weighted by Gasteiger charge is 2.34. The topological polar surface area (TPSA) is 177 Å². The fourth-order valence-electron chi connectivity index (χ4n) is 3.60. The number of hydrogen-bond donors (Lipinski definition) is 2. The van der Waals surface area contributed by atoms with Crippen molar-refractivity contribution in [1.82, 2.24) is 30.4 Å². The number of halogens is 1. The summed E-state index contributed by atoms with van der Waals surface area (Å²) in [7, 11) is 1.36. The molecule has 0 fully saturated rings. The van der Waals surface area contributed by atoms with Crippen molar-refractivity contribution in [1.29, 1.82) is 0 Å². The Bertz CT molecular complexity index is 1480. The van der Waals surface area contributed by atoms with Crippen molar-refractivity contribution >= 4 is 18.0 Å². The summed E-state index contributed by atoms with van der Waals surface area (Å²) in [6.07, 6.45) is -2.86. The quantitative estimate of drug-likeness (QED) is 0.269. The minimum absolute atomic E-state index is 0.0286. The fourth-order valence-corrected chi connectivity index (χ4v) is 3.60. The highest BCUT2D eigenvalue weighted by Crippen LogP contribution is 2.22. The molecule has 0 spiro atoms. The van der Waals surface area contributed by atoms with E-state index in [-0.39, 0.29) is 24.2 Å². The number of nitrogens with zero attached hydrogens (tertiary/aromatic N) is 4. The van der Waals surface area contributed by atoms with E-state index in [9.17, 15) is 23.6 Å². The number of carbonyl (C=O) groups is 3. The maximum absolute atomic E-state index is 13.5. The number of hydrogen-bond acceptors (Lipinski definition) is 11. The third-order valence-electron chi connectivity index (χ3n) is 5.41. The van der Waals surface area contributed by atoms with Gasteiger partial charge in [0.1, 0.15) is 11.6 Å². The fraction of sp³-hybridized carbons (Fsp3) is 0.423. The van der Waals surface area contributed by atoms with Crippen LogP contribution < -0.4 is 20.9 Å². The molecule has 0 saturated carbocycles. The van der Waals surface area contributed by atoms with E-state index in [0.717, 1.165) is 4.57 Å². The van der Waals surface area contributed by atoms with Crippen LogP contribution in [0, 0.1) is 12.7 Å². The summed E-state index contributed by atoms with van der Waals surface area (Å²) in [4.78, 5) is 55.8. The molecule has 3 rings (SSSR count). The normalized spacial score (nSPS) is 12.0. The van der Waals surface area contributed by atoms with Crippen LogP contribution in [0.15, 0.2) is 33.5 Å². The predicted molar refractivity (Wildman–Crippen MR) is 139 cm³/mol. The Morgan fingerprint density at radius 1 is 1.07 bits per heavy atom. The summed E-state index contributed by atoms with van der Waals surface area (Å²) in [6, 6.07) is 5.42. The average Bonchev–Trinajstić information content (AvgIpc) is 3.32. The molecule has 0 aliphatic carbocycles. The molecule has 41 heavy (non-hydrogen) atoms. The van der Waals surface area contributed by atoms with E-state index in [1.807, 2.05) is 0 Å². The Morgan fingerprint density at radius 2 is 1.73 bits per heavy atom. The lowest BCUT2D eigenvalue weighted by Gasteiger charge is -2.28. The zero-order valence-corrected chi connectivity index (χ0v) is 23.6. The molecule has 2 amide bonds. The molecule has 2 N–H and O–H groups in total. The van der Waals surface area contributed by atoms with Gasteiger partial charge in [-0.15, -0.1) is 10.2 Å². The van der Waals surface area contributed by atoms with E-state index in [2.05, 4.69) is 25.8 Å².